The van der Waals surface area contributed by atoms with E-state index in [4.69, 9.17) is 11.6 Å². The van der Waals surface area contributed by atoms with Gasteiger partial charge >= 0.3 is 5.97 Å². The molecule has 0 saturated heterocycles. The van der Waals surface area contributed by atoms with Gasteiger partial charge in [0.2, 0.25) is 0 Å². The van der Waals surface area contributed by atoms with E-state index >= 15 is 0 Å². The van der Waals surface area contributed by atoms with Gasteiger partial charge in [0.05, 0.1) is 11.6 Å². The second kappa shape index (κ2) is 5.50. The average Bonchev–Trinajstić information content (AvgIpc) is 3.23. The topological polar surface area (TPSA) is 49.3 Å². The number of hydrogen-bond donors (Lipinski definition) is 2. The third-order valence-electron chi connectivity index (χ3n) is 6.56. The van der Waals surface area contributed by atoms with E-state index < -0.39 is 5.97 Å². The first-order valence-corrected chi connectivity index (χ1v) is 9.39. The minimum Gasteiger partial charge on any atom is -0.478 e. The lowest BCUT2D eigenvalue weighted by Crippen LogP contribution is -2.35. The van der Waals surface area contributed by atoms with Crippen LogP contribution in [0.25, 0.3) is 0 Å². The molecule has 3 nitrogen and oxygen atoms in total. The number of rotatable bonds is 2. The molecule has 0 aromatic heterocycles. The van der Waals surface area contributed by atoms with E-state index in [0.29, 0.717) is 23.3 Å². The molecule has 2 N–H and O–H groups in total. The highest BCUT2D eigenvalue weighted by molar-refractivity contribution is 6.30. The Morgan fingerprint density at radius 1 is 1.08 bits per heavy atom. The SMILES string of the molecule is O=C(O)c1ccc2c(c1)[C@@H]1[C@H]3CC[C@@H](C3)[C@H]1[C@@H](c1ccc(Cl)cc1)N2. The van der Waals surface area contributed by atoms with Gasteiger partial charge in [0.1, 0.15) is 0 Å². The molecule has 0 spiro atoms. The van der Waals surface area contributed by atoms with Crippen LogP contribution in [-0.2, 0) is 0 Å². The van der Waals surface area contributed by atoms with Crippen LogP contribution in [0.1, 0.15) is 52.7 Å². The first-order valence-electron chi connectivity index (χ1n) is 9.01. The fourth-order valence-corrected chi connectivity index (χ4v) is 5.75. The first-order chi connectivity index (χ1) is 12.1. The molecule has 2 aromatic rings. The molecule has 5 atom stereocenters. The lowest BCUT2D eigenvalue weighted by molar-refractivity contribution is 0.0696. The van der Waals surface area contributed by atoms with Crippen molar-refractivity contribution in [3.8, 4) is 0 Å². The maximum Gasteiger partial charge on any atom is 0.335 e. The highest BCUT2D eigenvalue weighted by atomic mass is 35.5. The van der Waals surface area contributed by atoms with Crippen LogP contribution in [0.15, 0.2) is 42.5 Å². The fraction of sp³-hybridized carbons (Fsp3) is 0.381. The van der Waals surface area contributed by atoms with E-state index in [-0.39, 0.29) is 6.04 Å². The minimum absolute atomic E-state index is 0.278. The standard InChI is InChI=1S/C21H20ClNO2/c22-15-6-3-11(4-7-15)20-19-13-2-1-12(9-13)18(19)16-10-14(21(24)25)5-8-17(16)23-20/h3-8,10,12-13,18-20,23H,1-2,9H2,(H,24,25)/t12-,13-,18-,19+,20+/m0/s1. The molecule has 0 unspecified atom stereocenters. The summed E-state index contributed by atoms with van der Waals surface area (Å²) in [6, 6.07) is 14.0. The molecule has 2 aromatic carbocycles. The number of carbonyl (C=O) groups is 1. The quantitative estimate of drug-likeness (QED) is 0.766. The molecule has 2 saturated carbocycles. The zero-order valence-corrected chi connectivity index (χ0v) is 14.5. The van der Waals surface area contributed by atoms with Crippen LogP contribution in [0.3, 0.4) is 0 Å². The van der Waals surface area contributed by atoms with E-state index in [0.717, 1.165) is 16.6 Å². The normalized spacial score (nSPS) is 32.0. The number of carboxylic acid groups (broad SMARTS) is 1. The molecule has 1 heterocycles. The van der Waals surface area contributed by atoms with Gasteiger partial charge in [-0.05, 0) is 84.4 Å². The van der Waals surface area contributed by atoms with Gasteiger partial charge in [-0.1, -0.05) is 23.7 Å². The summed E-state index contributed by atoms with van der Waals surface area (Å²) in [6.45, 7) is 0. The highest BCUT2D eigenvalue weighted by Gasteiger charge is 2.53. The van der Waals surface area contributed by atoms with Crippen molar-refractivity contribution in [1.82, 2.24) is 0 Å². The lowest BCUT2D eigenvalue weighted by atomic mass is 9.68. The van der Waals surface area contributed by atoms with Crippen LogP contribution < -0.4 is 5.32 Å². The summed E-state index contributed by atoms with van der Waals surface area (Å²) in [4.78, 5) is 11.4. The van der Waals surface area contributed by atoms with Gasteiger partial charge in [0.15, 0.2) is 0 Å². The summed E-state index contributed by atoms with van der Waals surface area (Å²) in [5.74, 6) is 1.58. The van der Waals surface area contributed by atoms with Crippen LogP contribution in [0.5, 0.6) is 0 Å². The number of carboxylic acids is 1. The van der Waals surface area contributed by atoms with Gasteiger partial charge in [-0.3, -0.25) is 0 Å². The van der Waals surface area contributed by atoms with Crippen molar-refractivity contribution in [3.05, 3.63) is 64.2 Å². The number of aromatic carboxylic acids is 1. The Morgan fingerprint density at radius 2 is 1.84 bits per heavy atom. The van der Waals surface area contributed by atoms with Crippen LogP contribution in [0, 0.1) is 17.8 Å². The molecule has 0 radical (unpaired) electrons. The summed E-state index contributed by atoms with van der Waals surface area (Å²) in [5.41, 5.74) is 3.98. The molecule has 0 amide bonds. The Hall–Kier alpha value is -2.00. The smallest absolute Gasteiger partial charge is 0.335 e. The second-order valence-corrected chi connectivity index (χ2v) is 8.15. The van der Waals surface area contributed by atoms with Crippen LogP contribution >= 0.6 is 11.6 Å². The maximum absolute atomic E-state index is 11.4. The van der Waals surface area contributed by atoms with Crippen LogP contribution in [0.2, 0.25) is 5.02 Å². The van der Waals surface area contributed by atoms with Gasteiger partial charge in [0, 0.05) is 10.7 Å². The first kappa shape index (κ1) is 15.3. The van der Waals surface area contributed by atoms with Gasteiger partial charge in [-0.2, -0.15) is 0 Å². The lowest BCUT2D eigenvalue weighted by Gasteiger charge is -2.43. The Morgan fingerprint density at radius 3 is 2.60 bits per heavy atom. The number of halogens is 1. The highest BCUT2D eigenvalue weighted by Crippen LogP contribution is 2.63. The number of anilines is 1. The fourth-order valence-electron chi connectivity index (χ4n) is 5.62. The zero-order valence-electron chi connectivity index (χ0n) is 13.8. The molecule has 3 aliphatic rings. The van der Waals surface area contributed by atoms with Gasteiger partial charge in [0.25, 0.3) is 0 Å². The van der Waals surface area contributed by atoms with Crippen molar-refractivity contribution in [2.45, 2.75) is 31.2 Å². The van der Waals surface area contributed by atoms with E-state index in [2.05, 4.69) is 17.4 Å². The summed E-state index contributed by atoms with van der Waals surface area (Å²) in [5, 5.41) is 13.9. The second-order valence-electron chi connectivity index (χ2n) is 7.72. The molecule has 128 valence electrons. The van der Waals surface area contributed by atoms with E-state index in [1.165, 1.54) is 30.4 Å². The molecule has 1 aliphatic heterocycles. The molecular formula is C21H20ClNO2. The summed E-state index contributed by atoms with van der Waals surface area (Å²) < 4.78 is 0. The third kappa shape index (κ3) is 2.29. The zero-order chi connectivity index (χ0) is 17.1. The molecule has 2 bridgehead atoms. The number of nitrogens with one attached hydrogen (secondary N) is 1. The third-order valence-corrected chi connectivity index (χ3v) is 6.82. The molecule has 2 aliphatic carbocycles. The molecule has 4 heteroatoms. The maximum atomic E-state index is 11.4. The molecule has 5 rings (SSSR count). The minimum atomic E-state index is -0.845. The van der Waals surface area contributed by atoms with Gasteiger partial charge in [-0.25, -0.2) is 4.79 Å². The van der Waals surface area contributed by atoms with Crippen molar-refractivity contribution in [2.24, 2.45) is 17.8 Å². The summed E-state index contributed by atoms with van der Waals surface area (Å²) in [6.07, 6.45) is 3.85. The van der Waals surface area contributed by atoms with E-state index in [1.54, 1.807) is 6.07 Å². The van der Waals surface area contributed by atoms with E-state index in [1.807, 2.05) is 24.3 Å². The summed E-state index contributed by atoms with van der Waals surface area (Å²) >= 11 is 6.08. The Kier molecular flexibility index (Phi) is 3.36. The van der Waals surface area contributed by atoms with Crippen molar-refractivity contribution in [1.29, 1.82) is 0 Å². The predicted molar refractivity (Wildman–Crippen MR) is 98.3 cm³/mol. The van der Waals surface area contributed by atoms with Crippen LogP contribution in [-0.4, -0.2) is 11.1 Å². The summed E-state index contributed by atoms with van der Waals surface area (Å²) in [7, 11) is 0. The van der Waals surface area contributed by atoms with Crippen molar-refractivity contribution >= 4 is 23.3 Å². The largest absolute Gasteiger partial charge is 0.478 e. The Balaban J connectivity index is 1.62. The van der Waals surface area contributed by atoms with Crippen LogP contribution in [0.4, 0.5) is 5.69 Å². The van der Waals surface area contributed by atoms with Gasteiger partial charge < -0.3 is 10.4 Å². The Labute approximate surface area is 152 Å². The van der Waals surface area contributed by atoms with Gasteiger partial charge in [-0.15, -0.1) is 0 Å². The van der Waals surface area contributed by atoms with Crippen molar-refractivity contribution < 1.29 is 9.90 Å². The molecular weight excluding hydrogens is 334 g/mol. The Bertz CT molecular complexity index is 847. The number of hydrogen-bond acceptors (Lipinski definition) is 2. The van der Waals surface area contributed by atoms with Crippen molar-refractivity contribution in [2.75, 3.05) is 5.32 Å². The van der Waals surface area contributed by atoms with E-state index in [9.17, 15) is 9.90 Å². The number of fused-ring (bicyclic) bond motifs is 7. The number of benzene rings is 2. The molecule has 2 fully saturated rings. The molecule has 25 heavy (non-hydrogen) atoms. The monoisotopic (exact) mass is 353 g/mol. The average molecular weight is 354 g/mol. The van der Waals surface area contributed by atoms with Crippen molar-refractivity contribution in [3.63, 3.8) is 0 Å². The predicted octanol–water partition coefficient (Wildman–Crippen LogP) is 5.33.